The van der Waals surface area contributed by atoms with Crippen molar-refractivity contribution >= 4 is 11.9 Å². The number of esters is 1. The predicted molar refractivity (Wildman–Crippen MR) is 115 cm³/mol. The molecule has 1 N–H and O–H groups in total. The lowest BCUT2D eigenvalue weighted by molar-refractivity contribution is -0.148. The summed E-state index contributed by atoms with van der Waals surface area (Å²) >= 11 is 0. The summed E-state index contributed by atoms with van der Waals surface area (Å²) in [5.74, 6) is 0.0842. The first-order valence-corrected chi connectivity index (χ1v) is 11.3. The summed E-state index contributed by atoms with van der Waals surface area (Å²) in [6.07, 6.45) is 8.21. The molecule has 32 heavy (non-hydrogen) atoms. The van der Waals surface area contributed by atoms with Crippen molar-refractivity contribution in [3.63, 3.8) is 0 Å². The third-order valence-corrected chi connectivity index (χ3v) is 6.42. The average molecular weight is 443 g/mol. The van der Waals surface area contributed by atoms with Gasteiger partial charge in [0.2, 0.25) is 0 Å². The van der Waals surface area contributed by atoms with Crippen LogP contribution in [0.3, 0.4) is 0 Å². The standard InChI is InChI=1S/C23H30N4O5/c1-13-20(32-17-6-4-5-16(9-17)23(29)30)12-24-22(26-13)18-11-25-27(3)19(18)10-21(28)31-14(2)15-7-8-15/h11-12,14-17H,4-10H2,1-3H3,(H,29,30)/t14-,16+,17+/m1/s1. The van der Waals surface area contributed by atoms with Gasteiger partial charge in [0.05, 0.1) is 47.8 Å². The Morgan fingerprint density at radius 1 is 1.25 bits per heavy atom. The molecule has 2 aromatic rings. The fourth-order valence-corrected chi connectivity index (χ4v) is 4.26. The van der Waals surface area contributed by atoms with Gasteiger partial charge in [0.1, 0.15) is 6.10 Å². The Hall–Kier alpha value is -2.97. The van der Waals surface area contributed by atoms with Gasteiger partial charge in [-0.05, 0) is 58.3 Å². The number of hydrogen-bond donors (Lipinski definition) is 1. The van der Waals surface area contributed by atoms with Gasteiger partial charge in [-0.1, -0.05) is 0 Å². The fraction of sp³-hybridized carbons (Fsp3) is 0.609. The molecule has 2 fully saturated rings. The number of nitrogens with zero attached hydrogens (tertiary/aromatic N) is 4. The Kier molecular flexibility index (Phi) is 6.43. The zero-order valence-electron chi connectivity index (χ0n) is 18.8. The Labute approximate surface area is 187 Å². The van der Waals surface area contributed by atoms with Crippen LogP contribution in [0, 0.1) is 18.8 Å². The summed E-state index contributed by atoms with van der Waals surface area (Å²) in [6.45, 7) is 3.77. The quantitative estimate of drug-likeness (QED) is 0.620. The molecular formula is C23H30N4O5. The molecule has 9 heteroatoms. The largest absolute Gasteiger partial charge is 0.487 e. The zero-order valence-corrected chi connectivity index (χ0v) is 18.8. The molecular weight excluding hydrogens is 412 g/mol. The molecule has 2 aromatic heterocycles. The van der Waals surface area contributed by atoms with Crippen molar-refractivity contribution in [1.29, 1.82) is 0 Å². The molecule has 0 spiro atoms. The average Bonchev–Trinajstić information content (AvgIpc) is 3.55. The van der Waals surface area contributed by atoms with Crippen LogP contribution in [0.4, 0.5) is 0 Å². The van der Waals surface area contributed by atoms with Gasteiger partial charge in [0, 0.05) is 7.05 Å². The first-order chi connectivity index (χ1) is 15.3. The van der Waals surface area contributed by atoms with Crippen LogP contribution in [-0.4, -0.2) is 49.0 Å². The van der Waals surface area contributed by atoms with Crippen LogP contribution in [-0.2, 0) is 27.8 Å². The van der Waals surface area contributed by atoms with Gasteiger partial charge < -0.3 is 14.6 Å². The van der Waals surface area contributed by atoms with Crippen LogP contribution in [0.5, 0.6) is 5.75 Å². The van der Waals surface area contributed by atoms with E-state index in [4.69, 9.17) is 9.47 Å². The summed E-state index contributed by atoms with van der Waals surface area (Å²) in [4.78, 5) is 32.8. The summed E-state index contributed by atoms with van der Waals surface area (Å²) in [6, 6.07) is 0. The Bertz CT molecular complexity index is 1000. The van der Waals surface area contributed by atoms with E-state index < -0.39 is 5.97 Å². The van der Waals surface area contributed by atoms with Crippen LogP contribution in [0.25, 0.3) is 11.4 Å². The third kappa shape index (κ3) is 5.08. The maximum absolute atomic E-state index is 12.4. The number of ether oxygens (including phenoxy) is 2. The van der Waals surface area contributed by atoms with E-state index in [0.717, 1.165) is 25.7 Å². The molecule has 2 aliphatic rings. The van der Waals surface area contributed by atoms with E-state index in [1.54, 1.807) is 24.1 Å². The lowest BCUT2D eigenvalue weighted by Gasteiger charge is -2.27. The van der Waals surface area contributed by atoms with Crippen molar-refractivity contribution in [3.8, 4) is 17.1 Å². The number of hydrogen-bond acceptors (Lipinski definition) is 7. The van der Waals surface area contributed by atoms with Crippen LogP contribution < -0.4 is 4.74 Å². The van der Waals surface area contributed by atoms with Crippen molar-refractivity contribution in [1.82, 2.24) is 19.7 Å². The van der Waals surface area contributed by atoms with Crippen LogP contribution in [0.2, 0.25) is 0 Å². The second-order valence-electron chi connectivity index (χ2n) is 8.92. The van der Waals surface area contributed by atoms with Crippen LogP contribution in [0.1, 0.15) is 56.8 Å². The van der Waals surface area contributed by atoms with E-state index in [9.17, 15) is 14.7 Å². The van der Waals surface area contributed by atoms with E-state index >= 15 is 0 Å². The molecule has 4 rings (SSSR count). The minimum Gasteiger partial charge on any atom is -0.487 e. The molecule has 2 aliphatic carbocycles. The fourth-order valence-electron chi connectivity index (χ4n) is 4.26. The van der Waals surface area contributed by atoms with Crippen molar-refractivity contribution in [2.45, 2.75) is 71.0 Å². The SMILES string of the molecule is Cc1nc(-c2cnn(C)c2CC(=O)O[C@H](C)C2CC2)ncc1O[C@H]1CCC[C@H](C(=O)O)C1. The molecule has 9 nitrogen and oxygen atoms in total. The Balaban J connectivity index is 1.46. The van der Waals surface area contributed by atoms with E-state index in [1.165, 1.54) is 0 Å². The minimum absolute atomic E-state index is 0.0605. The molecule has 2 saturated carbocycles. The molecule has 0 unspecified atom stereocenters. The number of aromatic nitrogens is 4. The van der Waals surface area contributed by atoms with Gasteiger partial charge in [0.15, 0.2) is 11.6 Å². The first-order valence-electron chi connectivity index (χ1n) is 11.3. The number of carbonyl (C=O) groups is 2. The highest BCUT2D eigenvalue weighted by molar-refractivity contribution is 5.75. The number of rotatable bonds is 8. The van der Waals surface area contributed by atoms with Gasteiger partial charge >= 0.3 is 11.9 Å². The Morgan fingerprint density at radius 3 is 2.72 bits per heavy atom. The summed E-state index contributed by atoms with van der Waals surface area (Å²) in [5, 5.41) is 13.6. The highest BCUT2D eigenvalue weighted by Gasteiger charge is 2.31. The second kappa shape index (κ2) is 9.26. The van der Waals surface area contributed by atoms with E-state index in [1.807, 2.05) is 13.8 Å². The highest BCUT2D eigenvalue weighted by Crippen LogP contribution is 2.34. The molecule has 0 radical (unpaired) electrons. The van der Waals surface area contributed by atoms with Crippen molar-refractivity contribution in [2.24, 2.45) is 18.9 Å². The third-order valence-electron chi connectivity index (χ3n) is 6.42. The van der Waals surface area contributed by atoms with E-state index in [-0.39, 0.29) is 30.5 Å². The van der Waals surface area contributed by atoms with Gasteiger partial charge in [-0.2, -0.15) is 5.10 Å². The molecule has 2 heterocycles. The van der Waals surface area contributed by atoms with Crippen LogP contribution >= 0.6 is 0 Å². The van der Waals surface area contributed by atoms with Gasteiger partial charge in [-0.3, -0.25) is 14.3 Å². The van der Waals surface area contributed by atoms with Gasteiger partial charge in [-0.15, -0.1) is 0 Å². The first kappa shape index (κ1) is 22.2. The van der Waals surface area contributed by atoms with E-state index in [2.05, 4.69) is 15.1 Å². The maximum Gasteiger partial charge on any atom is 0.312 e. The molecule has 3 atom stereocenters. The number of carboxylic acids is 1. The normalized spacial score (nSPS) is 21.7. The van der Waals surface area contributed by atoms with Gasteiger partial charge in [-0.25, -0.2) is 9.97 Å². The van der Waals surface area contributed by atoms with Crippen molar-refractivity contribution in [3.05, 3.63) is 23.8 Å². The number of carbonyl (C=O) groups excluding carboxylic acids is 1. The van der Waals surface area contributed by atoms with Gasteiger partial charge in [0.25, 0.3) is 0 Å². The number of aliphatic carboxylic acids is 1. The summed E-state index contributed by atoms with van der Waals surface area (Å²) in [5.41, 5.74) is 2.04. The number of carboxylic acid groups (broad SMARTS) is 1. The topological polar surface area (TPSA) is 116 Å². The zero-order chi connectivity index (χ0) is 22.8. The lowest BCUT2D eigenvalue weighted by Crippen LogP contribution is -2.29. The van der Waals surface area contributed by atoms with Crippen molar-refractivity contribution < 1.29 is 24.2 Å². The molecule has 172 valence electrons. The number of aryl methyl sites for hydroxylation is 2. The molecule has 0 amide bonds. The van der Waals surface area contributed by atoms with E-state index in [0.29, 0.717) is 47.3 Å². The highest BCUT2D eigenvalue weighted by atomic mass is 16.5. The summed E-state index contributed by atoms with van der Waals surface area (Å²) in [7, 11) is 1.78. The predicted octanol–water partition coefficient (Wildman–Crippen LogP) is 3.09. The smallest absolute Gasteiger partial charge is 0.312 e. The molecule has 0 saturated heterocycles. The maximum atomic E-state index is 12.4. The molecule has 0 bridgehead atoms. The Morgan fingerprint density at radius 2 is 2.03 bits per heavy atom. The molecule has 0 aromatic carbocycles. The summed E-state index contributed by atoms with van der Waals surface area (Å²) < 4.78 is 13.3. The monoisotopic (exact) mass is 442 g/mol. The second-order valence-corrected chi connectivity index (χ2v) is 8.92. The minimum atomic E-state index is -0.768. The lowest BCUT2D eigenvalue weighted by atomic mass is 9.87. The molecule has 0 aliphatic heterocycles. The van der Waals surface area contributed by atoms with Crippen molar-refractivity contribution in [2.75, 3.05) is 0 Å². The van der Waals surface area contributed by atoms with Crippen LogP contribution in [0.15, 0.2) is 12.4 Å².